The summed E-state index contributed by atoms with van der Waals surface area (Å²) in [5.74, 6) is -3.05. The van der Waals surface area contributed by atoms with Gasteiger partial charge in [0.2, 0.25) is 11.8 Å². The minimum Gasteiger partial charge on any atom is -0.326 e. The van der Waals surface area contributed by atoms with Crippen LogP contribution >= 0.6 is 0 Å². The van der Waals surface area contributed by atoms with Gasteiger partial charge in [0.25, 0.3) is 0 Å². The second kappa shape index (κ2) is 6.86. The number of hydrogen-bond acceptors (Lipinski definition) is 2. The van der Waals surface area contributed by atoms with Gasteiger partial charge in [0.1, 0.15) is 0 Å². The van der Waals surface area contributed by atoms with Gasteiger partial charge in [-0.05, 0) is 44.0 Å². The third-order valence-electron chi connectivity index (χ3n) is 4.59. The summed E-state index contributed by atoms with van der Waals surface area (Å²) in [7, 11) is 0. The summed E-state index contributed by atoms with van der Waals surface area (Å²) in [6.45, 7) is 6.14. The third kappa shape index (κ3) is 3.45. The summed E-state index contributed by atoms with van der Waals surface area (Å²) in [5.41, 5.74) is 4.09. The van der Waals surface area contributed by atoms with Gasteiger partial charge in [0, 0.05) is 30.4 Å². The fraction of sp³-hybridized carbons (Fsp3) is 0.300. The van der Waals surface area contributed by atoms with Crippen LogP contribution in [0.25, 0.3) is 0 Å². The lowest BCUT2D eigenvalue weighted by Crippen LogP contribution is -2.29. The van der Waals surface area contributed by atoms with Crippen LogP contribution in [0.1, 0.15) is 23.1 Å². The van der Waals surface area contributed by atoms with Crippen molar-refractivity contribution >= 4 is 23.2 Å². The largest absolute Gasteiger partial charge is 0.326 e. The molecule has 6 heteroatoms. The summed E-state index contributed by atoms with van der Waals surface area (Å²) in [4.78, 5) is 26.6. The summed E-state index contributed by atoms with van der Waals surface area (Å²) in [5, 5.41) is 2.56. The molecule has 1 atom stereocenters. The summed E-state index contributed by atoms with van der Waals surface area (Å²) < 4.78 is 26.3. The third-order valence-corrected chi connectivity index (χ3v) is 4.59. The van der Waals surface area contributed by atoms with Crippen molar-refractivity contribution in [2.45, 2.75) is 27.2 Å². The molecule has 1 aliphatic heterocycles. The van der Waals surface area contributed by atoms with Gasteiger partial charge in [-0.3, -0.25) is 9.59 Å². The van der Waals surface area contributed by atoms with Crippen molar-refractivity contribution in [3.05, 3.63) is 58.7 Å². The standard InChI is InChI=1S/C20H20F2N2O2/c1-11-6-12(2)19(13(3)7-11)24-10-14(8-18(24)25)20(26)23-15-4-5-16(21)17(22)9-15/h4-7,9,14H,8,10H2,1-3H3,(H,23,26). The van der Waals surface area contributed by atoms with Crippen molar-refractivity contribution in [3.8, 4) is 0 Å². The monoisotopic (exact) mass is 358 g/mol. The molecule has 4 nitrogen and oxygen atoms in total. The minimum atomic E-state index is -1.03. The Morgan fingerprint density at radius 1 is 1.08 bits per heavy atom. The molecule has 2 aromatic carbocycles. The lowest BCUT2D eigenvalue weighted by Gasteiger charge is -2.22. The van der Waals surface area contributed by atoms with E-state index in [2.05, 4.69) is 5.32 Å². The zero-order chi connectivity index (χ0) is 19.0. The lowest BCUT2D eigenvalue weighted by molar-refractivity contribution is -0.122. The Hall–Kier alpha value is -2.76. The molecule has 0 aliphatic carbocycles. The van der Waals surface area contributed by atoms with Crippen molar-refractivity contribution < 1.29 is 18.4 Å². The maximum atomic E-state index is 13.3. The maximum absolute atomic E-state index is 13.3. The van der Waals surface area contributed by atoms with E-state index in [0.29, 0.717) is 0 Å². The highest BCUT2D eigenvalue weighted by atomic mass is 19.2. The number of nitrogens with zero attached hydrogens (tertiary/aromatic N) is 1. The summed E-state index contributed by atoms with van der Waals surface area (Å²) in [6.07, 6.45) is 0.0856. The minimum absolute atomic E-state index is 0.0856. The number of nitrogens with one attached hydrogen (secondary N) is 1. The first kappa shape index (κ1) is 18.0. The van der Waals surface area contributed by atoms with E-state index in [0.717, 1.165) is 34.5 Å². The van der Waals surface area contributed by atoms with Gasteiger partial charge in [0.15, 0.2) is 11.6 Å². The molecule has 1 fully saturated rings. The molecule has 1 heterocycles. The first-order chi connectivity index (χ1) is 12.3. The van der Waals surface area contributed by atoms with Gasteiger partial charge >= 0.3 is 0 Å². The van der Waals surface area contributed by atoms with Crippen molar-refractivity contribution in [2.24, 2.45) is 5.92 Å². The molecule has 1 N–H and O–H groups in total. The normalized spacial score (nSPS) is 16.9. The number of halogens is 2. The maximum Gasteiger partial charge on any atom is 0.229 e. The lowest BCUT2D eigenvalue weighted by atomic mass is 10.0. The van der Waals surface area contributed by atoms with Crippen LogP contribution in [-0.2, 0) is 9.59 Å². The molecule has 0 saturated carbocycles. The number of rotatable bonds is 3. The number of aryl methyl sites for hydroxylation is 3. The smallest absolute Gasteiger partial charge is 0.229 e. The molecule has 1 aliphatic rings. The second-order valence-corrected chi connectivity index (χ2v) is 6.77. The highest BCUT2D eigenvalue weighted by Crippen LogP contribution is 2.32. The zero-order valence-corrected chi connectivity index (χ0v) is 14.9. The van der Waals surface area contributed by atoms with Gasteiger partial charge in [-0.15, -0.1) is 0 Å². The Morgan fingerprint density at radius 2 is 1.73 bits per heavy atom. The molecule has 0 radical (unpaired) electrons. The van der Waals surface area contributed by atoms with E-state index in [4.69, 9.17) is 0 Å². The molecule has 1 saturated heterocycles. The Labute approximate surface area is 150 Å². The fourth-order valence-electron chi connectivity index (χ4n) is 3.52. The fourth-order valence-corrected chi connectivity index (χ4v) is 3.52. The SMILES string of the molecule is Cc1cc(C)c(N2CC(C(=O)Nc3ccc(F)c(F)c3)CC2=O)c(C)c1. The molecule has 2 amide bonds. The second-order valence-electron chi connectivity index (χ2n) is 6.77. The van der Waals surface area contributed by atoms with E-state index >= 15 is 0 Å². The van der Waals surface area contributed by atoms with Crippen LogP contribution in [0.4, 0.5) is 20.2 Å². The predicted octanol–water partition coefficient (Wildman–Crippen LogP) is 3.88. The first-order valence-corrected chi connectivity index (χ1v) is 8.40. The van der Waals surface area contributed by atoms with Crippen LogP contribution < -0.4 is 10.2 Å². The summed E-state index contributed by atoms with van der Waals surface area (Å²) >= 11 is 0. The van der Waals surface area contributed by atoms with Crippen LogP contribution in [0.2, 0.25) is 0 Å². The molecule has 2 aromatic rings. The highest BCUT2D eigenvalue weighted by molar-refractivity contribution is 6.04. The number of carbonyl (C=O) groups excluding carboxylic acids is 2. The first-order valence-electron chi connectivity index (χ1n) is 8.40. The topological polar surface area (TPSA) is 49.4 Å². The van der Waals surface area contributed by atoms with E-state index in [1.165, 1.54) is 6.07 Å². The summed E-state index contributed by atoms with van der Waals surface area (Å²) in [6, 6.07) is 7.18. The molecule has 136 valence electrons. The number of benzene rings is 2. The van der Waals surface area contributed by atoms with E-state index in [9.17, 15) is 18.4 Å². The number of carbonyl (C=O) groups is 2. The Balaban J connectivity index is 1.77. The van der Waals surface area contributed by atoms with Crippen molar-refractivity contribution in [2.75, 3.05) is 16.8 Å². The van der Waals surface area contributed by atoms with Crippen LogP contribution in [0, 0.1) is 38.3 Å². The van der Waals surface area contributed by atoms with Gasteiger partial charge in [-0.1, -0.05) is 17.7 Å². The average Bonchev–Trinajstić information content (AvgIpc) is 2.92. The van der Waals surface area contributed by atoms with E-state index in [1.54, 1.807) is 4.90 Å². The Kier molecular flexibility index (Phi) is 4.76. The van der Waals surface area contributed by atoms with Gasteiger partial charge in [-0.2, -0.15) is 0 Å². The van der Waals surface area contributed by atoms with Crippen molar-refractivity contribution in [1.82, 2.24) is 0 Å². The van der Waals surface area contributed by atoms with Crippen molar-refractivity contribution in [3.63, 3.8) is 0 Å². The highest BCUT2D eigenvalue weighted by Gasteiger charge is 2.36. The van der Waals surface area contributed by atoms with Crippen LogP contribution in [-0.4, -0.2) is 18.4 Å². The molecular weight excluding hydrogens is 338 g/mol. The molecule has 26 heavy (non-hydrogen) atoms. The Morgan fingerprint density at radius 3 is 2.35 bits per heavy atom. The molecule has 3 rings (SSSR count). The number of anilines is 2. The van der Waals surface area contributed by atoms with E-state index in [1.807, 2.05) is 32.9 Å². The molecule has 0 spiro atoms. The zero-order valence-electron chi connectivity index (χ0n) is 14.9. The predicted molar refractivity (Wildman–Crippen MR) is 96.1 cm³/mol. The number of hydrogen-bond donors (Lipinski definition) is 1. The molecule has 0 bridgehead atoms. The molecule has 1 unspecified atom stereocenters. The van der Waals surface area contributed by atoms with Gasteiger partial charge in [0.05, 0.1) is 5.92 Å². The quantitative estimate of drug-likeness (QED) is 0.905. The molecule has 0 aromatic heterocycles. The van der Waals surface area contributed by atoms with Crippen LogP contribution in [0.5, 0.6) is 0 Å². The Bertz CT molecular complexity index is 872. The van der Waals surface area contributed by atoms with Crippen LogP contribution in [0.15, 0.2) is 30.3 Å². The number of amides is 2. The van der Waals surface area contributed by atoms with Gasteiger partial charge < -0.3 is 10.2 Å². The van der Waals surface area contributed by atoms with Crippen LogP contribution in [0.3, 0.4) is 0 Å². The van der Waals surface area contributed by atoms with E-state index in [-0.39, 0.29) is 30.5 Å². The molecular formula is C20H20F2N2O2. The van der Waals surface area contributed by atoms with Gasteiger partial charge in [-0.25, -0.2) is 8.78 Å². The van der Waals surface area contributed by atoms with E-state index < -0.39 is 17.6 Å². The van der Waals surface area contributed by atoms with Crippen molar-refractivity contribution in [1.29, 1.82) is 0 Å². The average molecular weight is 358 g/mol.